The molecule has 4 nitrogen and oxygen atoms in total. The predicted octanol–water partition coefficient (Wildman–Crippen LogP) is 4.98. The van der Waals surface area contributed by atoms with Crippen molar-refractivity contribution < 1.29 is 19.4 Å². The lowest BCUT2D eigenvalue weighted by Crippen LogP contribution is -2.36. The van der Waals surface area contributed by atoms with Crippen molar-refractivity contribution in [3.05, 3.63) is 70.3 Å². The van der Waals surface area contributed by atoms with Crippen LogP contribution < -0.4 is 0 Å². The van der Waals surface area contributed by atoms with Gasteiger partial charge >= 0.3 is 5.97 Å². The molecule has 0 atom stereocenters. The Balaban J connectivity index is 1.93. The van der Waals surface area contributed by atoms with Crippen molar-refractivity contribution in [2.75, 3.05) is 13.2 Å². The van der Waals surface area contributed by atoms with Crippen LogP contribution in [-0.4, -0.2) is 24.3 Å². The molecule has 1 aliphatic carbocycles. The number of carbonyl (C=O) groups is 1. The van der Waals surface area contributed by atoms with E-state index in [1.165, 1.54) is 11.1 Å². The van der Waals surface area contributed by atoms with E-state index in [1.807, 2.05) is 12.1 Å². The molecule has 0 amide bonds. The second kappa shape index (κ2) is 6.43. The van der Waals surface area contributed by atoms with E-state index in [0.717, 1.165) is 18.4 Å². The Morgan fingerprint density at radius 3 is 2.11 bits per heavy atom. The molecule has 0 bridgehead atoms. The Morgan fingerprint density at radius 1 is 0.857 bits per heavy atom. The molecule has 0 unspecified atom stereocenters. The second-order valence-electron chi connectivity index (χ2n) is 9.19. The fraction of sp³-hybridized carbons (Fsp3) is 0.458. The minimum Gasteiger partial charge on any atom is -0.478 e. The maximum atomic E-state index is 11.9. The number of carboxylic acid groups (broad SMARTS) is 1. The number of benzene rings is 2. The van der Waals surface area contributed by atoms with E-state index in [-0.39, 0.29) is 16.4 Å². The average molecular weight is 380 g/mol. The SMILES string of the molecule is CC1(C)CCC(C)(C)c2cc(C3(c4ccccc4C(=O)O)OCCO3)ccc21. The second-order valence-corrected chi connectivity index (χ2v) is 9.19. The van der Waals surface area contributed by atoms with Crippen LogP contribution in [0.5, 0.6) is 0 Å². The highest BCUT2D eigenvalue weighted by Crippen LogP contribution is 2.48. The highest BCUT2D eigenvalue weighted by molar-refractivity contribution is 5.90. The Labute approximate surface area is 166 Å². The number of fused-ring (bicyclic) bond motifs is 1. The van der Waals surface area contributed by atoms with E-state index in [9.17, 15) is 9.90 Å². The Bertz CT molecular complexity index is 920. The maximum absolute atomic E-state index is 11.9. The number of carboxylic acids is 1. The summed E-state index contributed by atoms with van der Waals surface area (Å²) in [6.07, 6.45) is 2.25. The van der Waals surface area contributed by atoms with Crippen LogP contribution >= 0.6 is 0 Å². The van der Waals surface area contributed by atoms with Crippen LogP contribution in [0.15, 0.2) is 42.5 Å². The minimum absolute atomic E-state index is 0.0486. The highest BCUT2D eigenvalue weighted by atomic mass is 16.7. The molecule has 1 heterocycles. The first-order valence-electron chi connectivity index (χ1n) is 9.94. The summed E-state index contributed by atoms with van der Waals surface area (Å²) >= 11 is 0. The van der Waals surface area contributed by atoms with Crippen LogP contribution in [0.4, 0.5) is 0 Å². The molecular formula is C24H28O4. The van der Waals surface area contributed by atoms with E-state index in [2.05, 4.69) is 39.8 Å². The molecule has 0 aromatic heterocycles. The summed E-state index contributed by atoms with van der Waals surface area (Å²) in [7, 11) is 0. The van der Waals surface area contributed by atoms with Gasteiger partial charge in [-0.25, -0.2) is 4.79 Å². The first-order chi connectivity index (χ1) is 13.2. The molecule has 4 heteroatoms. The van der Waals surface area contributed by atoms with Crippen molar-refractivity contribution in [3.8, 4) is 0 Å². The Kier molecular flexibility index (Phi) is 4.40. The molecule has 0 saturated carbocycles. The molecule has 2 aromatic rings. The maximum Gasteiger partial charge on any atom is 0.336 e. The number of aromatic carboxylic acids is 1. The fourth-order valence-corrected chi connectivity index (χ4v) is 4.64. The van der Waals surface area contributed by atoms with Gasteiger partial charge in [-0.1, -0.05) is 58.0 Å². The molecule has 4 rings (SSSR count). The molecule has 148 valence electrons. The number of hydrogen-bond donors (Lipinski definition) is 1. The van der Waals surface area contributed by atoms with Gasteiger partial charge in [0.05, 0.1) is 18.8 Å². The summed E-state index contributed by atoms with van der Waals surface area (Å²) < 4.78 is 12.3. The molecule has 1 N–H and O–H groups in total. The molecule has 0 spiro atoms. The van der Waals surface area contributed by atoms with Crippen LogP contribution in [0.2, 0.25) is 0 Å². The normalized spacial score (nSPS) is 21.9. The first kappa shape index (κ1) is 19.2. The molecule has 28 heavy (non-hydrogen) atoms. The lowest BCUT2D eigenvalue weighted by Gasteiger charge is -2.43. The molecule has 2 aromatic carbocycles. The molecule has 2 aliphatic rings. The van der Waals surface area contributed by atoms with Crippen LogP contribution in [0.25, 0.3) is 0 Å². The van der Waals surface area contributed by atoms with Gasteiger partial charge in [0.1, 0.15) is 0 Å². The molecule has 1 aliphatic heterocycles. The van der Waals surface area contributed by atoms with Crippen LogP contribution in [0.1, 0.15) is 73.1 Å². The van der Waals surface area contributed by atoms with Gasteiger partial charge in [-0.2, -0.15) is 0 Å². The minimum atomic E-state index is -1.18. The molecule has 0 radical (unpaired) electrons. The standard InChI is InChI=1S/C24H28O4/c1-22(2)11-12-23(3,4)20-15-16(9-10-19(20)22)24(27-13-14-28-24)18-8-6-5-7-17(18)21(25)26/h5-10,15H,11-14H2,1-4H3,(H,25,26). The zero-order valence-electron chi connectivity index (χ0n) is 17.0. The smallest absolute Gasteiger partial charge is 0.336 e. The molecule has 1 saturated heterocycles. The summed E-state index contributed by atoms with van der Waals surface area (Å²) in [6.45, 7) is 10.00. The third kappa shape index (κ3) is 2.87. The third-order valence-electron chi connectivity index (χ3n) is 6.44. The summed E-state index contributed by atoms with van der Waals surface area (Å²) in [6, 6.07) is 13.4. The summed E-state index contributed by atoms with van der Waals surface area (Å²) in [5, 5.41) is 9.72. The van der Waals surface area contributed by atoms with Crippen LogP contribution in [0.3, 0.4) is 0 Å². The summed E-state index contributed by atoms with van der Waals surface area (Å²) in [4.78, 5) is 11.9. The Hall–Kier alpha value is -2.17. The van der Waals surface area contributed by atoms with Gasteiger partial charge in [-0.15, -0.1) is 0 Å². The third-order valence-corrected chi connectivity index (χ3v) is 6.44. The number of rotatable bonds is 3. The van der Waals surface area contributed by atoms with Gasteiger partial charge < -0.3 is 14.6 Å². The molecular weight excluding hydrogens is 352 g/mol. The number of hydrogen-bond acceptors (Lipinski definition) is 3. The fourth-order valence-electron chi connectivity index (χ4n) is 4.64. The van der Waals surface area contributed by atoms with Crippen molar-refractivity contribution in [1.82, 2.24) is 0 Å². The van der Waals surface area contributed by atoms with E-state index in [1.54, 1.807) is 18.2 Å². The van der Waals surface area contributed by atoms with E-state index in [0.29, 0.717) is 18.8 Å². The first-order valence-corrected chi connectivity index (χ1v) is 9.94. The van der Waals surface area contributed by atoms with Crippen molar-refractivity contribution in [2.24, 2.45) is 0 Å². The summed E-state index contributed by atoms with van der Waals surface area (Å²) in [5.74, 6) is -2.16. The van der Waals surface area contributed by atoms with Gasteiger partial charge in [0, 0.05) is 11.1 Å². The van der Waals surface area contributed by atoms with E-state index >= 15 is 0 Å². The monoisotopic (exact) mass is 380 g/mol. The quantitative estimate of drug-likeness (QED) is 0.816. The zero-order valence-corrected chi connectivity index (χ0v) is 17.0. The van der Waals surface area contributed by atoms with Crippen LogP contribution in [-0.2, 0) is 26.1 Å². The lowest BCUT2D eigenvalue weighted by molar-refractivity contribution is -0.130. The highest BCUT2D eigenvalue weighted by Gasteiger charge is 2.45. The topological polar surface area (TPSA) is 55.8 Å². The van der Waals surface area contributed by atoms with Gasteiger partial charge in [-0.05, 0) is 46.9 Å². The van der Waals surface area contributed by atoms with Crippen molar-refractivity contribution >= 4 is 5.97 Å². The predicted molar refractivity (Wildman–Crippen MR) is 108 cm³/mol. The zero-order chi connectivity index (χ0) is 20.2. The Morgan fingerprint density at radius 2 is 1.46 bits per heavy atom. The van der Waals surface area contributed by atoms with Gasteiger partial charge in [0.25, 0.3) is 0 Å². The lowest BCUT2D eigenvalue weighted by atomic mass is 9.62. The van der Waals surface area contributed by atoms with Crippen LogP contribution in [0, 0.1) is 0 Å². The largest absolute Gasteiger partial charge is 0.478 e. The van der Waals surface area contributed by atoms with Gasteiger partial charge in [-0.3, -0.25) is 0 Å². The van der Waals surface area contributed by atoms with Crippen molar-refractivity contribution in [1.29, 1.82) is 0 Å². The van der Waals surface area contributed by atoms with Crippen molar-refractivity contribution in [3.63, 3.8) is 0 Å². The average Bonchev–Trinajstić information content (AvgIpc) is 3.16. The van der Waals surface area contributed by atoms with E-state index in [4.69, 9.17) is 9.47 Å². The molecule has 1 fully saturated rings. The van der Waals surface area contributed by atoms with Crippen molar-refractivity contribution in [2.45, 2.75) is 57.2 Å². The van der Waals surface area contributed by atoms with E-state index < -0.39 is 11.8 Å². The van der Waals surface area contributed by atoms with Gasteiger partial charge in [0.2, 0.25) is 5.79 Å². The summed E-state index contributed by atoms with van der Waals surface area (Å²) in [5.41, 5.74) is 4.44. The van der Waals surface area contributed by atoms with Gasteiger partial charge in [0.15, 0.2) is 0 Å². The number of ether oxygens (including phenoxy) is 2.